The first kappa shape index (κ1) is 21.8. The van der Waals surface area contributed by atoms with Crippen LogP contribution in [0.5, 0.6) is 5.88 Å². The third-order valence-electron chi connectivity index (χ3n) is 4.38. The van der Waals surface area contributed by atoms with E-state index >= 15 is 0 Å². The minimum Gasteiger partial charge on any atom is -0.473 e. The van der Waals surface area contributed by atoms with E-state index in [1.54, 1.807) is 0 Å². The average Bonchev–Trinajstić information content (AvgIpc) is 3.17. The lowest BCUT2D eigenvalue weighted by Crippen LogP contribution is -2.31. The highest BCUT2D eigenvalue weighted by molar-refractivity contribution is 7.89. The number of carbonyl (C=O) groups is 1. The molecule has 3 rings (SSSR count). The molecule has 0 spiro atoms. The number of nitrogens with one attached hydrogen (secondary N) is 1. The van der Waals surface area contributed by atoms with E-state index in [0.717, 1.165) is 18.3 Å². The number of ether oxygens (including phenoxy) is 2. The third-order valence-corrected chi connectivity index (χ3v) is 6.26. The molecule has 1 aromatic carbocycles. The number of pyridine rings is 1. The zero-order valence-corrected chi connectivity index (χ0v) is 16.5. The summed E-state index contributed by atoms with van der Waals surface area (Å²) < 4.78 is 75.1. The first-order chi connectivity index (χ1) is 14.1. The van der Waals surface area contributed by atoms with E-state index in [2.05, 4.69) is 15.0 Å². The Morgan fingerprint density at radius 3 is 2.57 bits per heavy atom. The summed E-state index contributed by atoms with van der Waals surface area (Å²) in [6.07, 6.45) is -4.55. The number of methoxy groups -OCH3 is 1. The number of sulfonamides is 1. The SMILES string of the molecule is COC(=O)Nc1ccc(S(=O)(=O)N2CC[C@@H](Oc3cc(C(F)(F)F)ccn3)C2)cc1. The zero-order valence-electron chi connectivity index (χ0n) is 15.7. The largest absolute Gasteiger partial charge is 0.473 e. The van der Waals surface area contributed by atoms with Crippen molar-refractivity contribution in [3.05, 3.63) is 48.2 Å². The zero-order chi connectivity index (χ0) is 21.9. The van der Waals surface area contributed by atoms with Gasteiger partial charge in [0.2, 0.25) is 15.9 Å². The van der Waals surface area contributed by atoms with Crippen LogP contribution < -0.4 is 10.1 Å². The fourth-order valence-corrected chi connectivity index (χ4v) is 4.35. The van der Waals surface area contributed by atoms with Gasteiger partial charge in [0.25, 0.3) is 0 Å². The molecule has 1 amide bonds. The van der Waals surface area contributed by atoms with Crippen LogP contribution in [0.3, 0.4) is 0 Å². The molecule has 162 valence electrons. The molecule has 2 aromatic rings. The van der Waals surface area contributed by atoms with Gasteiger partial charge in [0.1, 0.15) is 6.10 Å². The molecular formula is C18H18F3N3O5S. The molecule has 1 atom stereocenters. The van der Waals surface area contributed by atoms with Crippen LogP contribution in [0.2, 0.25) is 0 Å². The van der Waals surface area contributed by atoms with Crippen LogP contribution in [0.15, 0.2) is 47.5 Å². The van der Waals surface area contributed by atoms with E-state index in [0.29, 0.717) is 12.1 Å². The molecule has 0 radical (unpaired) electrons. The molecule has 2 heterocycles. The van der Waals surface area contributed by atoms with Crippen LogP contribution in [0.25, 0.3) is 0 Å². The highest BCUT2D eigenvalue weighted by atomic mass is 32.2. The summed E-state index contributed by atoms with van der Waals surface area (Å²) >= 11 is 0. The van der Waals surface area contributed by atoms with Crippen molar-refractivity contribution in [3.63, 3.8) is 0 Å². The van der Waals surface area contributed by atoms with Gasteiger partial charge in [-0.2, -0.15) is 17.5 Å². The lowest BCUT2D eigenvalue weighted by atomic mass is 10.2. The lowest BCUT2D eigenvalue weighted by molar-refractivity contribution is -0.137. The van der Waals surface area contributed by atoms with Gasteiger partial charge in [-0.05, 0) is 36.8 Å². The number of alkyl halides is 3. The molecule has 0 unspecified atom stereocenters. The van der Waals surface area contributed by atoms with Crippen LogP contribution in [0.1, 0.15) is 12.0 Å². The van der Waals surface area contributed by atoms with Crippen LogP contribution in [0, 0.1) is 0 Å². The number of rotatable bonds is 5. The first-order valence-electron chi connectivity index (χ1n) is 8.74. The lowest BCUT2D eigenvalue weighted by Gasteiger charge is -2.17. The van der Waals surface area contributed by atoms with E-state index in [1.807, 2.05) is 0 Å². The van der Waals surface area contributed by atoms with Crippen molar-refractivity contribution in [2.45, 2.75) is 23.6 Å². The molecular weight excluding hydrogens is 427 g/mol. The Morgan fingerprint density at radius 1 is 1.23 bits per heavy atom. The Bertz CT molecular complexity index is 1010. The van der Waals surface area contributed by atoms with Gasteiger partial charge in [-0.3, -0.25) is 5.32 Å². The van der Waals surface area contributed by atoms with Crippen LogP contribution >= 0.6 is 0 Å². The van der Waals surface area contributed by atoms with E-state index in [9.17, 15) is 26.4 Å². The van der Waals surface area contributed by atoms with Crippen molar-refractivity contribution >= 4 is 21.8 Å². The van der Waals surface area contributed by atoms with Crippen molar-refractivity contribution in [1.29, 1.82) is 0 Å². The highest BCUT2D eigenvalue weighted by Gasteiger charge is 2.35. The number of hydrogen-bond acceptors (Lipinski definition) is 6. The van der Waals surface area contributed by atoms with Crippen LogP contribution in [-0.2, 0) is 20.9 Å². The monoisotopic (exact) mass is 445 g/mol. The average molecular weight is 445 g/mol. The van der Waals surface area contributed by atoms with Gasteiger partial charge in [-0.25, -0.2) is 18.2 Å². The molecule has 1 aliphatic heterocycles. The second-order valence-corrected chi connectivity index (χ2v) is 8.35. The maximum Gasteiger partial charge on any atom is 0.416 e. The Labute approximate surface area is 170 Å². The topological polar surface area (TPSA) is 97.8 Å². The Morgan fingerprint density at radius 2 is 1.93 bits per heavy atom. The van der Waals surface area contributed by atoms with Crippen LogP contribution in [0.4, 0.5) is 23.7 Å². The molecule has 1 aliphatic rings. The molecule has 0 saturated carbocycles. The van der Waals surface area contributed by atoms with Crippen molar-refractivity contribution < 1.29 is 35.9 Å². The predicted molar refractivity (Wildman–Crippen MR) is 99.5 cm³/mol. The molecule has 1 aromatic heterocycles. The Kier molecular flexibility index (Phi) is 6.17. The molecule has 30 heavy (non-hydrogen) atoms. The summed E-state index contributed by atoms with van der Waals surface area (Å²) in [5.41, 5.74) is -0.533. The second-order valence-electron chi connectivity index (χ2n) is 6.41. The third kappa shape index (κ3) is 5.00. The van der Waals surface area contributed by atoms with Gasteiger partial charge >= 0.3 is 12.3 Å². The molecule has 1 saturated heterocycles. The minimum atomic E-state index is -4.53. The summed E-state index contributed by atoms with van der Waals surface area (Å²) in [4.78, 5) is 15.0. The smallest absolute Gasteiger partial charge is 0.416 e. The molecule has 8 nitrogen and oxygen atoms in total. The maximum absolute atomic E-state index is 12.8. The molecule has 12 heteroatoms. The van der Waals surface area contributed by atoms with Gasteiger partial charge in [-0.15, -0.1) is 0 Å². The Hall–Kier alpha value is -2.86. The fraction of sp³-hybridized carbons (Fsp3) is 0.333. The summed E-state index contributed by atoms with van der Waals surface area (Å²) in [6, 6.07) is 7.12. The minimum absolute atomic E-state index is 0.00996. The van der Waals surface area contributed by atoms with Crippen molar-refractivity contribution in [3.8, 4) is 5.88 Å². The summed E-state index contributed by atoms with van der Waals surface area (Å²) in [7, 11) is -2.63. The van der Waals surface area contributed by atoms with E-state index in [-0.39, 0.29) is 23.9 Å². The number of nitrogens with zero attached hydrogens (tertiary/aromatic N) is 2. The summed E-state index contributed by atoms with van der Waals surface area (Å²) in [5, 5.41) is 2.41. The van der Waals surface area contributed by atoms with Gasteiger partial charge in [0, 0.05) is 24.5 Å². The molecule has 1 fully saturated rings. The first-order valence-corrected chi connectivity index (χ1v) is 10.2. The number of amides is 1. The second kappa shape index (κ2) is 8.48. The number of aromatic nitrogens is 1. The number of carbonyl (C=O) groups excluding carboxylic acids is 1. The van der Waals surface area contributed by atoms with E-state index in [4.69, 9.17) is 4.74 Å². The van der Waals surface area contributed by atoms with Gasteiger partial charge < -0.3 is 9.47 Å². The highest BCUT2D eigenvalue weighted by Crippen LogP contribution is 2.31. The van der Waals surface area contributed by atoms with Crippen molar-refractivity contribution in [1.82, 2.24) is 9.29 Å². The maximum atomic E-state index is 12.8. The Balaban J connectivity index is 1.66. The normalized spacial score (nSPS) is 17.5. The summed E-state index contributed by atoms with van der Waals surface area (Å²) in [5.74, 6) is -0.215. The molecule has 0 aliphatic carbocycles. The van der Waals surface area contributed by atoms with Gasteiger partial charge in [-0.1, -0.05) is 0 Å². The fourth-order valence-electron chi connectivity index (χ4n) is 2.86. The number of anilines is 1. The number of halogens is 3. The van der Waals surface area contributed by atoms with Crippen molar-refractivity contribution in [2.75, 3.05) is 25.5 Å². The van der Waals surface area contributed by atoms with Gasteiger partial charge in [0.15, 0.2) is 0 Å². The predicted octanol–water partition coefficient (Wildman–Crippen LogP) is 3.12. The molecule has 1 N–H and O–H groups in total. The molecule has 0 bridgehead atoms. The van der Waals surface area contributed by atoms with E-state index in [1.165, 1.54) is 35.7 Å². The quantitative estimate of drug-likeness (QED) is 0.760. The van der Waals surface area contributed by atoms with Gasteiger partial charge in [0.05, 0.1) is 24.1 Å². The summed E-state index contributed by atoms with van der Waals surface area (Å²) in [6.45, 7) is 0.122. The van der Waals surface area contributed by atoms with Crippen molar-refractivity contribution in [2.24, 2.45) is 0 Å². The number of hydrogen-bond donors (Lipinski definition) is 1. The van der Waals surface area contributed by atoms with Crippen LogP contribution in [-0.4, -0.2) is 50.1 Å². The standard InChI is InChI=1S/C18H18F3N3O5S/c1-28-17(25)23-13-2-4-15(5-3-13)30(26,27)24-9-7-14(11-24)29-16-10-12(6-8-22-16)18(19,20)21/h2-6,8,10,14H,7,9,11H2,1H3,(H,23,25)/t14-/m1/s1. The number of benzene rings is 1. The van der Waals surface area contributed by atoms with E-state index < -0.39 is 34.0 Å².